The van der Waals surface area contributed by atoms with Crippen molar-refractivity contribution >= 4 is 33.9 Å². The number of rotatable bonds is 5. The molecule has 0 atom stereocenters. The van der Waals surface area contributed by atoms with Gasteiger partial charge in [0.1, 0.15) is 5.75 Å². The van der Waals surface area contributed by atoms with E-state index in [0.29, 0.717) is 11.3 Å². The topological polar surface area (TPSA) is 66.8 Å². The van der Waals surface area contributed by atoms with Crippen LogP contribution in [0.25, 0.3) is 6.08 Å². The average Bonchev–Trinajstić information content (AvgIpc) is 2.98. The minimum atomic E-state index is -1.02. The fourth-order valence-corrected chi connectivity index (χ4v) is 2.48. The third-order valence-corrected chi connectivity index (χ3v) is 3.92. The summed E-state index contributed by atoms with van der Waals surface area (Å²) in [6.07, 6.45) is 4.63. The number of nitrogens with zero attached hydrogens (tertiary/aromatic N) is 1. The Hall–Kier alpha value is -1.82. The Balaban J connectivity index is 1.98. The molecular formula is C15H16BrNO4. The van der Waals surface area contributed by atoms with E-state index in [1.165, 1.54) is 6.08 Å². The van der Waals surface area contributed by atoms with Crippen LogP contribution in [0.3, 0.4) is 0 Å². The van der Waals surface area contributed by atoms with Crippen molar-refractivity contribution in [3.63, 3.8) is 0 Å². The van der Waals surface area contributed by atoms with E-state index in [1.54, 1.807) is 23.1 Å². The Kier molecular flexibility index (Phi) is 5.38. The number of carboxylic acid groups (broad SMARTS) is 1. The molecule has 1 N–H and O–H groups in total. The van der Waals surface area contributed by atoms with Gasteiger partial charge in [-0.1, -0.05) is 15.9 Å². The quantitative estimate of drug-likeness (QED) is 0.826. The Bertz CT molecular complexity index is 565. The van der Waals surface area contributed by atoms with Crippen molar-refractivity contribution in [2.45, 2.75) is 12.8 Å². The first-order chi connectivity index (χ1) is 10.1. The molecule has 1 aliphatic rings. The van der Waals surface area contributed by atoms with E-state index in [-0.39, 0.29) is 12.5 Å². The molecule has 0 aliphatic carbocycles. The van der Waals surface area contributed by atoms with Crippen LogP contribution in [0.2, 0.25) is 0 Å². The van der Waals surface area contributed by atoms with Crippen LogP contribution in [-0.4, -0.2) is 41.6 Å². The van der Waals surface area contributed by atoms with Gasteiger partial charge in [-0.05, 0) is 42.7 Å². The Morgan fingerprint density at radius 1 is 1.33 bits per heavy atom. The number of ether oxygens (including phenoxy) is 1. The molecule has 0 radical (unpaired) electrons. The van der Waals surface area contributed by atoms with E-state index in [0.717, 1.165) is 36.5 Å². The van der Waals surface area contributed by atoms with Gasteiger partial charge in [0.25, 0.3) is 5.91 Å². The maximum absolute atomic E-state index is 11.9. The van der Waals surface area contributed by atoms with E-state index in [9.17, 15) is 9.59 Å². The highest BCUT2D eigenvalue weighted by atomic mass is 79.9. The zero-order valence-corrected chi connectivity index (χ0v) is 13.0. The smallest absolute Gasteiger partial charge is 0.328 e. The average molecular weight is 354 g/mol. The van der Waals surface area contributed by atoms with Crippen LogP contribution in [0.15, 0.2) is 28.7 Å². The SMILES string of the molecule is O=C(O)/C=C/c1cc(OCC(=O)N2CCCC2)ccc1Br. The van der Waals surface area contributed by atoms with Gasteiger partial charge in [0.15, 0.2) is 6.61 Å². The molecule has 6 heteroatoms. The number of aliphatic carboxylic acids is 1. The number of carbonyl (C=O) groups excluding carboxylic acids is 1. The molecule has 112 valence electrons. The molecule has 1 amide bonds. The summed E-state index contributed by atoms with van der Waals surface area (Å²) in [7, 11) is 0. The second-order valence-electron chi connectivity index (χ2n) is 4.73. The molecule has 21 heavy (non-hydrogen) atoms. The lowest BCUT2D eigenvalue weighted by atomic mass is 10.2. The first kappa shape index (κ1) is 15.6. The van der Waals surface area contributed by atoms with E-state index in [4.69, 9.17) is 9.84 Å². The zero-order chi connectivity index (χ0) is 15.2. The summed E-state index contributed by atoms with van der Waals surface area (Å²) in [6, 6.07) is 5.19. The molecule has 0 spiro atoms. The van der Waals surface area contributed by atoms with E-state index in [2.05, 4.69) is 15.9 Å². The number of amides is 1. The predicted octanol–water partition coefficient (Wildman–Crippen LogP) is 2.55. The Labute approximate surface area is 131 Å². The fourth-order valence-electron chi connectivity index (χ4n) is 2.10. The van der Waals surface area contributed by atoms with Crippen LogP contribution < -0.4 is 4.74 Å². The van der Waals surface area contributed by atoms with Gasteiger partial charge in [0.05, 0.1) is 0 Å². The lowest BCUT2D eigenvalue weighted by Gasteiger charge is -2.15. The number of hydrogen-bond donors (Lipinski definition) is 1. The Morgan fingerprint density at radius 3 is 2.71 bits per heavy atom. The molecule has 1 aromatic rings. The van der Waals surface area contributed by atoms with E-state index < -0.39 is 5.97 Å². The van der Waals surface area contributed by atoms with Gasteiger partial charge < -0.3 is 14.7 Å². The summed E-state index contributed by atoms with van der Waals surface area (Å²) < 4.78 is 6.25. The van der Waals surface area contributed by atoms with Gasteiger partial charge in [-0.25, -0.2) is 4.79 Å². The summed E-state index contributed by atoms with van der Waals surface area (Å²) in [5.41, 5.74) is 0.684. The number of likely N-dealkylation sites (tertiary alicyclic amines) is 1. The molecule has 0 aromatic heterocycles. The van der Waals surface area contributed by atoms with Gasteiger partial charge in [-0.3, -0.25) is 4.79 Å². The molecule has 1 heterocycles. The molecule has 0 bridgehead atoms. The van der Waals surface area contributed by atoms with Gasteiger partial charge in [-0.15, -0.1) is 0 Å². The van der Waals surface area contributed by atoms with Crippen molar-refractivity contribution in [3.05, 3.63) is 34.3 Å². The van der Waals surface area contributed by atoms with Crippen molar-refractivity contribution in [1.29, 1.82) is 0 Å². The predicted molar refractivity (Wildman–Crippen MR) is 82.1 cm³/mol. The minimum Gasteiger partial charge on any atom is -0.484 e. The molecule has 1 fully saturated rings. The summed E-state index contributed by atoms with van der Waals surface area (Å²) in [4.78, 5) is 24.2. The lowest BCUT2D eigenvalue weighted by Crippen LogP contribution is -2.32. The molecule has 5 nitrogen and oxygen atoms in total. The number of carbonyl (C=O) groups is 2. The maximum Gasteiger partial charge on any atom is 0.328 e. The standard InChI is InChI=1S/C15H16BrNO4/c16-13-5-4-12(9-11(13)3-6-15(19)20)21-10-14(18)17-7-1-2-8-17/h3-6,9H,1-2,7-8,10H2,(H,19,20)/b6-3+. The highest BCUT2D eigenvalue weighted by molar-refractivity contribution is 9.10. The molecular weight excluding hydrogens is 338 g/mol. The third kappa shape index (κ3) is 4.60. The van der Waals surface area contributed by atoms with Gasteiger partial charge >= 0.3 is 5.97 Å². The molecule has 2 rings (SSSR count). The van der Waals surface area contributed by atoms with E-state index >= 15 is 0 Å². The second-order valence-corrected chi connectivity index (χ2v) is 5.59. The number of hydrogen-bond acceptors (Lipinski definition) is 3. The monoisotopic (exact) mass is 353 g/mol. The molecule has 1 aromatic carbocycles. The normalized spacial score (nSPS) is 14.6. The fraction of sp³-hybridized carbons (Fsp3) is 0.333. The molecule has 1 saturated heterocycles. The summed E-state index contributed by atoms with van der Waals surface area (Å²) in [5, 5.41) is 8.65. The largest absolute Gasteiger partial charge is 0.484 e. The highest BCUT2D eigenvalue weighted by Gasteiger charge is 2.18. The van der Waals surface area contributed by atoms with Crippen LogP contribution in [-0.2, 0) is 9.59 Å². The maximum atomic E-state index is 11.9. The van der Waals surface area contributed by atoms with Crippen molar-refractivity contribution in [1.82, 2.24) is 4.90 Å². The summed E-state index contributed by atoms with van der Waals surface area (Å²) in [6.45, 7) is 1.61. The van der Waals surface area contributed by atoms with Gasteiger partial charge in [0.2, 0.25) is 0 Å². The van der Waals surface area contributed by atoms with Crippen molar-refractivity contribution in [2.75, 3.05) is 19.7 Å². The van der Waals surface area contributed by atoms with Crippen LogP contribution in [0.5, 0.6) is 5.75 Å². The van der Waals surface area contributed by atoms with Crippen molar-refractivity contribution in [3.8, 4) is 5.75 Å². The second kappa shape index (κ2) is 7.26. The van der Waals surface area contributed by atoms with E-state index in [1.807, 2.05) is 0 Å². The van der Waals surface area contributed by atoms with Crippen molar-refractivity contribution < 1.29 is 19.4 Å². The first-order valence-corrected chi connectivity index (χ1v) is 7.46. The van der Waals surface area contributed by atoms with Crippen molar-refractivity contribution in [2.24, 2.45) is 0 Å². The van der Waals surface area contributed by atoms with Crippen LogP contribution in [0, 0.1) is 0 Å². The highest BCUT2D eigenvalue weighted by Crippen LogP contribution is 2.24. The van der Waals surface area contributed by atoms with Gasteiger partial charge in [0, 0.05) is 23.6 Å². The number of halogens is 1. The molecule has 0 unspecified atom stereocenters. The van der Waals surface area contributed by atoms with Crippen LogP contribution in [0.1, 0.15) is 18.4 Å². The first-order valence-electron chi connectivity index (χ1n) is 6.67. The zero-order valence-electron chi connectivity index (χ0n) is 11.4. The molecule has 1 aliphatic heterocycles. The van der Waals surface area contributed by atoms with Gasteiger partial charge in [-0.2, -0.15) is 0 Å². The third-order valence-electron chi connectivity index (χ3n) is 3.19. The summed E-state index contributed by atoms with van der Waals surface area (Å²) in [5.74, 6) is -0.494. The number of carboxylic acids is 1. The summed E-state index contributed by atoms with van der Waals surface area (Å²) >= 11 is 3.34. The Morgan fingerprint density at radius 2 is 2.05 bits per heavy atom. The lowest BCUT2D eigenvalue weighted by molar-refractivity contribution is -0.132. The number of benzene rings is 1. The minimum absolute atomic E-state index is 0.00369. The molecule has 0 saturated carbocycles. The van der Waals surface area contributed by atoms with Crippen LogP contribution in [0.4, 0.5) is 0 Å². The van der Waals surface area contributed by atoms with Crippen LogP contribution >= 0.6 is 15.9 Å².